The van der Waals surface area contributed by atoms with Gasteiger partial charge in [-0.2, -0.15) is 11.8 Å². The minimum absolute atomic E-state index is 0.209. The van der Waals surface area contributed by atoms with Crippen molar-refractivity contribution in [2.45, 2.75) is 44.0 Å². The number of benzene rings is 1. The van der Waals surface area contributed by atoms with Crippen LogP contribution in [0.25, 0.3) is 0 Å². The van der Waals surface area contributed by atoms with Crippen molar-refractivity contribution in [1.29, 1.82) is 0 Å². The molecule has 2 atom stereocenters. The average Bonchev–Trinajstić information content (AvgIpc) is 2.93. The molecule has 0 heterocycles. The largest absolute Gasteiger partial charge is 0.357 e. The van der Waals surface area contributed by atoms with Crippen molar-refractivity contribution < 1.29 is 4.39 Å². The minimum Gasteiger partial charge on any atom is -0.357 e. The van der Waals surface area contributed by atoms with Gasteiger partial charge in [-0.3, -0.25) is 0 Å². The third-order valence-corrected chi connectivity index (χ3v) is 4.81. The first kappa shape index (κ1) is 16.1. The lowest BCUT2D eigenvalue weighted by molar-refractivity contribution is 0.614. The Balaban J connectivity index is 1.93. The molecule has 0 amide bonds. The molecule has 0 spiro atoms. The first-order chi connectivity index (χ1) is 10.2. The lowest BCUT2D eigenvalue weighted by atomic mass is 10.2. The molecule has 2 rings (SSSR count). The van der Waals surface area contributed by atoms with Crippen LogP contribution in [-0.4, -0.2) is 30.1 Å². The molecule has 2 unspecified atom stereocenters. The molecule has 0 aliphatic heterocycles. The summed E-state index contributed by atoms with van der Waals surface area (Å²) in [4.78, 5) is 4.56. The van der Waals surface area contributed by atoms with E-state index in [1.54, 1.807) is 6.07 Å². The van der Waals surface area contributed by atoms with Crippen LogP contribution in [-0.2, 0) is 6.54 Å². The molecule has 21 heavy (non-hydrogen) atoms. The number of guanidine groups is 1. The Bertz CT molecular complexity index is 478. The number of hydrogen-bond acceptors (Lipinski definition) is 2. The van der Waals surface area contributed by atoms with Gasteiger partial charge in [-0.25, -0.2) is 9.38 Å². The molecule has 0 radical (unpaired) electrons. The summed E-state index contributed by atoms with van der Waals surface area (Å²) in [5.41, 5.74) is 0.889. The molecule has 5 heteroatoms. The van der Waals surface area contributed by atoms with E-state index in [1.807, 2.05) is 17.8 Å². The van der Waals surface area contributed by atoms with E-state index in [0.717, 1.165) is 23.3 Å². The van der Waals surface area contributed by atoms with Gasteiger partial charge in [0, 0.05) is 17.8 Å². The summed E-state index contributed by atoms with van der Waals surface area (Å²) in [5.74, 6) is 0.618. The van der Waals surface area contributed by atoms with Crippen molar-refractivity contribution in [3.05, 3.63) is 35.6 Å². The highest BCUT2D eigenvalue weighted by Gasteiger charge is 2.24. The van der Waals surface area contributed by atoms with Gasteiger partial charge < -0.3 is 10.6 Å². The predicted molar refractivity (Wildman–Crippen MR) is 89.3 cm³/mol. The summed E-state index contributed by atoms with van der Waals surface area (Å²) in [6.45, 7) is 3.37. The van der Waals surface area contributed by atoms with Crippen LogP contribution in [0.4, 0.5) is 4.39 Å². The molecule has 3 nitrogen and oxygen atoms in total. The van der Waals surface area contributed by atoms with E-state index in [0.29, 0.717) is 12.6 Å². The monoisotopic (exact) mass is 309 g/mol. The summed E-state index contributed by atoms with van der Waals surface area (Å²) < 4.78 is 13.2. The van der Waals surface area contributed by atoms with Crippen molar-refractivity contribution >= 4 is 17.7 Å². The zero-order chi connectivity index (χ0) is 15.1. The van der Waals surface area contributed by atoms with Gasteiger partial charge in [-0.05, 0) is 50.1 Å². The Morgan fingerprint density at radius 2 is 2.29 bits per heavy atom. The van der Waals surface area contributed by atoms with Crippen LogP contribution in [0.2, 0.25) is 0 Å². The third kappa shape index (κ3) is 5.23. The van der Waals surface area contributed by atoms with E-state index in [-0.39, 0.29) is 5.82 Å². The van der Waals surface area contributed by atoms with Crippen molar-refractivity contribution in [2.24, 2.45) is 4.99 Å². The molecular weight excluding hydrogens is 285 g/mol. The van der Waals surface area contributed by atoms with E-state index in [1.165, 1.54) is 31.4 Å². The van der Waals surface area contributed by atoms with Gasteiger partial charge in [0.25, 0.3) is 0 Å². The highest BCUT2D eigenvalue weighted by Crippen LogP contribution is 2.28. The summed E-state index contributed by atoms with van der Waals surface area (Å²) in [6, 6.07) is 7.10. The summed E-state index contributed by atoms with van der Waals surface area (Å²) in [5, 5.41) is 7.52. The summed E-state index contributed by atoms with van der Waals surface area (Å²) in [6.07, 6.45) is 5.82. The van der Waals surface area contributed by atoms with Gasteiger partial charge in [0.1, 0.15) is 5.82 Å². The second-order valence-electron chi connectivity index (χ2n) is 5.34. The molecule has 0 saturated heterocycles. The van der Waals surface area contributed by atoms with Crippen LogP contribution in [0.3, 0.4) is 0 Å². The second kappa shape index (κ2) is 8.27. The Labute approximate surface area is 130 Å². The van der Waals surface area contributed by atoms with E-state index in [9.17, 15) is 4.39 Å². The highest BCUT2D eigenvalue weighted by molar-refractivity contribution is 7.99. The van der Waals surface area contributed by atoms with Crippen molar-refractivity contribution in [3.63, 3.8) is 0 Å². The maximum absolute atomic E-state index is 13.2. The Hall–Kier alpha value is -1.23. The Kier molecular flexibility index (Phi) is 6.36. The zero-order valence-electron chi connectivity index (χ0n) is 12.7. The van der Waals surface area contributed by atoms with Gasteiger partial charge >= 0.3 is 0 Å². The van der Waals surface area contributed by atoms with Crippen LogP contribution in [0.5, 0.6) is 0 Å². The van der Waals surface area contributed by atoms with Gasteiger partial charge in [0.15, 0.2) is 5.96 Å². The molecule has 116 valence electrons. The smallest absolute Gasteiger partial charge is 0.191 e. The van der Waals surface area contributed by atoms with E-state index in [2.05, 4.69) is 28.8 Å². The maximum atomic E-state index is 13.2. The van der Waals surface area contributed by atoms with E-state index in [4.69, 9.17) is 0 Å². The van der Waals surface area contributed by atoms with Crippen LogP contribution in [0.1, 0.15) is 31.7 Å². The molecule has 1 saturated carbocycles. The fourth-order valence-electron chi connectivity index (χ4n) is 2.60. The minimum atomic E-state index is -0.209. The molecule has 0 bridgehead atoms. The van der Waals surface area contributed by atoms with Crippen LogP contribution in [0, 0.1) is 5.82 Å². The standard InChI is InChI=1S/C16H24FN3S/c1-3-18-16(20-14-7-8-15(10-14)21-2)19-11-12-5-4-6-13(17)9-12/h4-6,9,14-15H,3,7-8,10-11H2,1-2H3,(H2,18,19,20). The topological polar surface area (TPSA) is 36.4 Å². The van der Waals surface area contributed by atoms with Gasteiger partial charge in [-0.1, -0.05) is 12.1 Å². The van der Waals surface area contributed by atoms with Gasteiger partial charge in [0.2, 0.25) is 0 Å². The first-order valence-electron chi connectivity index (χ1n) is 7.53. The van der Waals surface area contributed by atoms with Crippen LogP contribution >= 0.6 is 11.8 Å². The number of aliphatic imine (C=N–C) groups is 1. The quantitative estimate of drug-likeness (QED) is 0.648. The molecule has 0 aromatic heterocycles. The van der Waals surface area contributed by atoms with Crippen LogP contribution < -0.4 is 10.6 Å². The van der Waals surface area contributed by atoms with Gasteiger partial charge in [0.05, 0.1) is 6.54 Å². The SMILES string of the molecule is CCNC(=NCc1cccc(F)c1)NC1CCC(SC)C1. The van der Waals surface area contributed by atoms with E-state index >= 15 is 0 Å². The van der Waals surface area contributed by atoms with Crippen molar-refractivity contribution in [1.82, 2.24) is 10.6 Å². The maximum Gasteiger partial charge on any atom is 0.191 e. The van der Waals surface area contributed by atoms with Gasteiger partial charge in [-0.15, -0.1) is 0 Å². The summed E-state index contributed by atoms with van der Waals surface area (Å²) in [7, 11) is 0. The lowest BCUT2D eigenvalue weighted by Gasteiger charge is -2.17. The number of rotatable bonds is 5. The van der Waals surface area contributed by atoms with E-state index < -0.39 is 0 Å². The molecule has 1 aliphatic carbocycles. The molecule has 1 aromatic rings. The number of thioether (sulfide) groups is 1. The van der Waals surface area contributed by atoms with Crippen molar-refractivity contribution in [2.75, 3.05) is 12.8 Å². The number of halogens is 1. The number of hydrogen-bond donors (Lipinski definition) is 2. The lowest BCUT2D eigenvalue weighted by Crippen LogP contribution is -2.42. The molecular formula is C16H24FN3S. The highest BCUT2D eigenvalue weighted by atomic mass is 32.2. The predicted octanol–water partition coefficient (Wildman–Crippen LogP) is 3.16. The molecule has 1 fully saturated rings. The number of nitrogens with one attached hydrogen (secondary N) is 2. The third-order valence-electron chi connectivity index (χ3n) is 3.71. The molecule has 1 aliphatic rings. The normalized spacial score (nSPS) is 22.3. The molecule has 1 aromatic carbocycles. The Morgan fingerprint density at radius 3 is 2.95 bits per heavy atom. The average molecular weight is 309 g/mol. The zero-order valence-corrected chi connectivity index (χ0v) is 13.5. The fraction of sp³-hybridized carbons (Fsp3) is 0.562. The second-order valence-corrected chi connectivity index (χ2v) is 6.48. The van der Waals surface area contributed by atoms with Crippen molar-refractivity contribution in [3.8, 4) is 0 Å². The summed E-state index contributed by atoms with van der Waals surface area (Å²) >= 11 is 1.95. The number of nitrogens with zero attached hydrogens (tertiary/aromatic N) is 1. The fourth-order valence-corrected chi connectivity index (χ4v) is 3.40. The van der Waals surface area contributed by atoms with Crippen LogP contribution in [0.15, 0.2) is 29.3 Å². The Morgan fingerprint density at radius 1 is 1.43 bits per heavy atom. The molecule has 2 N–H and O–H groups in total. The first-order valence-corrected chi connectivity index (χ1v) is 8.82.